The standard InChI is InChI=1S/C18H18F3N5/c19-12-8-14(21)13(20)7-11(12)10-3-6-26(9-15(10)22)17-2-1-16-18(25-17)24-5-4-23-16/h1-2,4-5,8,10-11,15H,3,6-7,9,22H2/t10-,11?,15?/m1/s1. The van der Waals surface area contributed by atoms with Gasteiger partial charge in [-0.1, -0.05) is 0 Å². The van der Waals surface area contributed by atoms with E-state index >= 15 is 0 Å². The molecule has 3 heterocycles. The van der Waals surface area contributed by atoms with Crippen LogP contribution in [0.4, 0.5) is 19.0 Å². The molecular weight excluding hydrogens is 343 g/mol. The number of anilines is 1. The second kappa shape index (κ2) is 6.68. The number of allylic oxidation sites excluding steroid dienone is 4. The van der Waals surface area contributed by atoms with Gasteiger partial charge in [0.15, 0.2) is 11.5 Å². The Kier molecular flexibility index (Phi) is 4.36. The molecule has 2 aromatic heterocycles. The monoisotopic (exact) mass is 361 g/mol. The van der Waals surface area contributed by atoms with Crippen molar-refractivity contribution < 1.29 is 13.2 Å². The van der Waals surface area contributed by atoms with E-state index in [0.29, 0.717) is 36.8 Å². The Bertz CT molecular complexity index is 897. The zero-order chi connectivity index (χ0) is 18.3. The number of hydrogen-bond donors (Lipinski definition) is 1. The molecule has 1 aliphatic carbocycles. The first kappa shape index (κ1) is 17.0. The summed E-state index contributed by atoms with van der Waals surface area (Å²) < 4.78 is 40.9. The van der Waals surface area contributed by atoms with Crippen LogP contribution < -0.4 is 10.6 Å². The number of nitrogens with zero attached hydrogens (tertiary/aromatic N) is 4. The average molecular weight is 361 g/mol. The van der Waals surface area contributed by atoms with Gasteiger partial charge in [-0.25, -0.2) is 23.1 Å². The first-order chi connectivity index (χ1) is 12.5. The fraction of sp³-hybridized carbons (Fsp3) is 0.389. The molecule has 0 radical (unpaired) electrons. The maximum Gasteiger partial charge on any atom is 0.180 e. The summed E-state index contributed by atoms with van der Waals surface area (Å²) in [7, 11) is 0. The van der Waals surface area contributed by atoms with Crippen LogP contribution in [0.5, 0.6) is 0 Å². The number of nitrogens with two attached hydrogens (primary N) is 1. The second-order valence-corrected chi connectivity index (χ2v) is 6.72. The summed E-state index contributed by atoms with van der Waals surface area (Å²) >= 11 is 0. The zero-order valence-electron chi connectivity index (χ0n) is 13.9. The van der Waals surface area contributed by atoms with E-state index in [4.69, 9.17) is 5.73 Å². The van der Waals surface area contributed by atoms with Crippen molar-refractivity contribution in [2.24, 2.45) is 17.6 Å². The minimum absolute atomic E-state index is 0.249. The van der Waals surface area contributed by atoms with Gasteiger partial charge in [-0.3, -0.25) is 4.98 Å². The van der Waals surface area contributed by atoms with Gasteiger partial charge in [0.2, 0.25) is 0 Å². The van der Waals surface area contributed by atoms with Crippen LogP contribution in [-0.4, -0.2) is 34.1 Å². The minimum atomic E-state index is -1.12. The van der Waals surface area contributed by atoms with Crippen molar-refractivity contribution in [3.05, 3.63) is 48.1 Å². The summed E-state index contributed by atoms with van der Waals surface area (Å²) in [6.07, 6.45) is 4.13. The number of aromatic nitrogens is 3. The highest BCUT2D eigenvalue weighted by Crippen LogP contribution is 2.40. The van der Waals surface area contributed by atoms with E-state index in [0.717, 1.165) is 5.82 Å². The summed E-state index contributed by atoms with van der Waals surface area (Å²) in [5, 5.41) is 0. The lowest BCUT2D eigenvalue weighted by atomic mass is 9.77. The van der Waals surface area contributed by atoms with Crippen LogP contribution in [-0.2, 0) is 0 Å². The number of rotatable bonds is 2. The molecule has 1 saturated heterocycles. The molecule has 26 heavy (non-hydrogen) atoms. The van der Waals surface area contributed by atoms with E-state index in [1.165, 1.54) is 0 Å². The molecule has 4 rings (SSSR count). The summed E-state index contributed by atoms with van der Waals surface area (Å²) in [5.74, 6) is -2.88. The maximum absolute atomic E-state index is 14.1. The van der Waals surface area contributed by atoms with Crippen molar-refractivity contribution in [2.75, 3.05) is 18.0 Å². The fourth-order valence-corrected chi connectivity index (χ4v) is 3.78. The van der Waals surface area contributed by atoms with Gasteiger partial charge in [0.05, 0.1) is 0 Å². The summed E-state index contributed by atoms with van der Waals surface area (Å²) in [5.41, 5.74) is 7.52. The number of fused-ring (bicyclic) bond motifs is 1. The summed E-state index contributed by atoms with van der Waals surface area (Å²) in [4.78, 5) is 14.9. The molecule has 0 spiro atoms. The topological polar surface area (TPSA) is 67.9 Å². The predicted molar refractivity (Wildman–Crippen MR) is 92.2 cm³/mol. The quantitative estimate of drug-likeness (QED) is 0.890. The molecule has 2 aromatic rings. The summed E-state index contributed by atoms with van der Waals surface area (Å²) in [6.45, 7) is 1.07. The number of hydrogen-bond acceptors (Lipinski definition) is 5. The normalized spacial score (nSPS) is 27.0. The van der Waals surface area contributed by atoms with Gasteiger partial charge in [0.1, 0.15) is 23.0 Å². The van der Waals surface area contributed by atoms with Gasteiger partial charge in [-0.05, 0) is 24.5 Å². The lowest BCUT2D eigenvalue weighted by molar-refractivity contribution is 0.225. The molecule has 2 N–H and O–H groups in total. The molecule has 0 saturated carbocycles. The third-order valence-electron chi connectivity index (χ3n) is 5.15. The van der Waals surface area contributed by atoms with Crippen LogP contribution in [0.25, 0.3) is 11.2 Å². The number of piperidine rings is 1. The Hall–Kier alpha value is -2.48. The molecule has 136 valence electrons. The molecule has 0 bridgehead atoms. The Morgan fingerprint density at radius 3 is 2.73 bits per heavy atom. The van der Waals surface area contributed by atoms with E-state index < -0.39 is 23.4 Å². The van der Waals surface area contributed by atoms with Gasteiger partial charge >= 0.3 is 0 Å². The highest BCUT2D eigenvalue weighted by molar-refractivity contribution is 5.71. The number of halogens is 3. The van der Waals surface area contributed by atoms with E-state index in [-0.39, 0.29) is 18.4 Å². The van der Waals surface area contributed by atoms with Gasteiger partial charge in [0.25, 0.3) is 0 Å². The van der Waals surface area contributed by atoms with Crippen molar-refractivity contribution in [3.63, 3.8) is 0 Å². The molecule has 8 heteroatoms. The first-order valence-corrected chi connectivity index (χ1v) is 8.52. The van der Waals surface area contributed by atoms with Gasteiger partial charge < -0.3 is 10.6 Å². The molecule has 1 fully saturated rings. The third kappa shape index (κ3) is 3.05. The molecule has 0 aromatic carbocycles. The molecular formula is C18H18F3N5. The molecule has 3 atom stereocenters. The largest absolute Gasteiger partial charge is 0.355 e. The third-order valence-corrected chi connectivity index (χ3v) is 5.15. The van der Waals surface area contributed by atoms with Crippen LogP contribution in [0.15, 0.2) is 48.1 Å². The molecule has 0 amide bonds. The molecule has 1 aliphatic heterocycles. The maximum atomic E-state index is 14.1. The fourth-order valence-electron chi connectivity index (χ4n) is 3.78. The lowest BCUT2D eigenvalue weighted by Crippen LogP contribution is -2.51. The van der Waals surface area contributed by atoms with Crippen molar-refractivity contribution in [2.45, 2.75) is 18.9 Å². The van der Waals surface area contributed by atoms with Crippen LogP contribution in [0.3, 0.4) is 0 Å². The molecule has 2 aliphatic rings. The van der Waals surface area contributed by atoms with Gasteiger partial charge in [0, 0.05) is 49.9 Å². The smallest absolute Gasteiger partial charge is 0.180 e. The second-order valence-electron chi connectivity index (χ2n) is 6.72. The number of pyridine rings is 1. The van der Waals surface area contributed by atoms with E-state index in [1.807, 2.05) is 17.0 Å². The predicted octanol–water partition coefficient (Wildman–Crippen LogP) is 3.20. The van der Waals surface area contributed by atoms with Crippen molar-refractivity contribution in [1.82, 2.24) is 15.0 Å². The van der Waals surface area contributed by atoms with Crippen molar-refractivity contribution >= 4 is 17.0 Å². The summed E-state index contributed by atoms with van der Waals surface area (Å²) in [6, 6.07) is 3.32. The van der Waals surface area contributed by atoms with Gasteiger partial charge in [-0.2, -0.15) is 0 Å². The van der Waals surface area contributed by atoms with Gasteiger partial charge in [-0.15, -0.1) is 0 Å². The SMILES string of the molecule is NC1CN(c2ccc3nccnc3n2)CC[C@@H]1C1CC(F)=C(F)C=C1F. The Morgan fingerprint density at radius 1 is 1.12 bits per heavy atom. The van der Waals surface area contributed by atoms with Crippen LogP contribution >= 0.6 is 0 Å². The Balaban J connectivity index is 1.50. The average Bonchev–Trinajstić information content (AvgIpc) is 2.64. The van der Waals surface area contributed by atoms with Crippen LogP contribution in [0.2, 0.25) is 0 Å². The van der Waals surface area contributed by atoms with Crippen LogP contribution in [0.1, 0.15) is 12.8 Å². The lowest BCUT2D eigenvalue weighted by Gasteiger charge is -2.41. The highest BCUT2D eigenvalue weighted by Gasteiger charge is 2.38. The van der Waals surface area contributed by atoms with E-state index in [9.17, 15) is 13.2 Å². The molecule has 2 unspecified atom stereocenters. The molecule has 5 nitrogen and oxygen atoms in total. The van der Waals surface area contributed by atoms with E-state index in [1.54, 1.807) is 12.4 Å². The van der Waals surface area contributed by atoms with Crippen molar-refractivity contribution in [1.29, 1.82) is 0 Å². The van der Waals surface area contributed by atoms with E-state index in [2.05, 4.69) is 15.0 Å². The van der Waals surface area contributed by atoms with Crippen LogP contribution in [0, 0.1) is 11.8 Å². The Morgan fingerprint density at radius 2 is 1.92 bits per heavy atom. The highest BCUT2D eigenvalue weighted by atomic mass is 19.2. The first-order valence-electron chi connectivity index (χ1n) is 8.52. The minimum Gasteiger partial charge on any atom is -0.355 e. The zero-order valence-corrected chi connectivity index (χ0v) is 13.9. The Labute approximate surface area is 148 Å². The van der Waals surface area contributed by atoms with Crippen molar-refractivity contribution in [3.8, 4) is 0 Å².